The van der Waals surface area contributed by atoms with Gasteiger partial charge in [-0.1, -0.05) is 12.1 Å². The van der Waals surface area contributed by atoms with Crippen molar-refractivity contribution >= 4 is 11.6 Å². The minimum absolute atomic E-state index is 0.349. The molecule has 1 aromatic carbocycles. The van der Waals surface area contributed by atoms with E-state index in [1.165, 1.54) is 17.1 Å². The molecule has 0 aliphatic carbocycles. The summed E-state index contributed by atoms with van der Waals surface area (Å²) in [6.07, 6.45) is -1.66. The molecule has 0 saturated heterocycles. The molecule has 0 radical (unpaired) electrons. The van der Waals surface area contributed by atoms with E-state index >= 15 is 0 Å². The zero-order chi connectivity index (χ0) is 21.0. The molecule has 10 heteroatoms. The van der Waals surface area contributed by atoms with Crippen LogP contribution in [0, 0.1) is 13.8 Å². The zero-order valence-corrected chi connectivity index (χ0v) is 15.9. The van der Waals surface area contributed by atoms with Gasteiger partial charge in [0.15, 0.2) is 0 Å². The van der Waals surface area contributed by atoms with Gasteiger partial charge in [-0.25, -0.2) is 4.68 Å². The molecule has 0 saturated carbocycles. The molecule has 0 aliphatic heterocycles. The van der Waals surface area contributed by atoms with Gasteiger partial charge in [0.25, 0.3) is 5.91 Å². The summed E-state index contributed by atoms with van der Waals surface area (Å²) >= 11 is 0. The molecule has 1 N–H and O–H groups in total. The Labute approximate surface area is 165 Å². The van der Waals surface area contributed by atoms with Crippen molar-refractivity contribution in [1.29, 1.82) is 0 Å². The van der Waals surface area contributed by atoms with Crippen molar-refractivity contribution in [1.82, 2.24) is 19.6 Å². The molecular formula is C19H20F3N5O2. The van der Waals surface area contributed by atoms with Crippen LogP contribution in [0.4, 0.5) is 18.9 Å². The number of ether oxygens (including phenoxy) is 1. The molecule has 0 bridgehead atoms. The van der Waals surface area contributed by atoms with Gasteiger partial charge in [-0.3, -0.25) is 9.48 Å². The lowest BCUT2D eigenvalue weighted by molar-refractivity contribution is -0.182. The van der Waals surface area contributed by atoms with Crippen molar-refractivity contribution in [3.8, 4) is 0 Å². The first kappa shape index (κ1) is 20.6. The number of amides is 1. The lowest BCUT2D eigenvalue weighted by Gasteiger charge is -2.07. The van der Waals surface area contributed by atoms with Gasteiger partial charge in [0.2, 0.25) is 0 Å². The molecule has 154 valence electrons. The van der Waals surface area contributed by atoms with Crippen LogP contribution in [-0.4, -0.2) is 38.3 Å². The zero-order valence-electron chi connectivity index (χ0n) is 15.9. The molecule has 29 heavy (non-hydrogen) atoms. The highest BCUT2D eigenvalue weighted by Gasteiger charge is 2.27. The lowest BCUT2D eigenvalue weighted by Crippen LogP contribution is -2.18. The van der Waals surface area contributed by atoms with Crippen molar-refractivity contribution in [2.24, 2.45) is 0 Å². The lowest BCUT2D eigenvalue weighted by atomic mass is 10.1. The maximum absolute atomic E-state index is 12.4. The molecule has 1 amide bonds. The van der Waals surface area contributed by atoms with E-state index in [2.05, 4.69) is 20.3 Å². The number of nitrogens with one attached hydrogen (secondary N) is 1. The Morgan fingerprint density at radius 1 is 1.21 bits per heavy atom. The second kappa shape index (κ2) is 8.48. The monoisotopic (exact) mass is 407 g/mol. The summed E-state index contributed by atoms with van der Waals surface area (Å²) in [4.78, 5) is 12.4. The Hall–Kier alpha value is -3.14. The standard InChI is InChI=1S/C19H20F3N5O2/c1-13-7-14(2)27(25-13)9-15-3-5-16(6-4-15)18(28)24-17-8-23-26(10-17)12-29-11-19(20,21)22/h3-8,10H,9,11-12H2,1-2H3,(H,24,28). The van der Waals surface area contributed by atoms with E-state index in [0.29, 0.717) is 17.8 Å². The van der Waals surface area contributed by atoms with E-state index in [1.807, 2.05) is 36.7 Å². The highest BCUT2D eigenvalue weighted by molar-refractivity contribution is 6.04. The number of halogens is 3. The topological polar surface area (TPSA) is 74.0 Å². The second-order valence-electron chi connectivity index (χ2n) is 6.60. The van der Waals surface area contributed by atoms with Gasteiger partial charge in [0, 0.05) is 11.3 Å². The number of alkyl halides is 3. The van der Waals surface area contributed by atoms with Crippen LogP contribution < -0.4 is 5.32 Å². The largest absolute Gasteiger partial charge is 0.411 e. The number of aryl methyl sites for hydroxylation is 2. The number of hydrogen-bond donors (Lipinski definition) is 1. The number of hydrogen-bond acceptors (Lipinski definition) is 4. The van der Waals surface area contributed by atoms with Crippen molar-refractivity contribution in [3.63, 3.8) is 0 Å². The molecule has 0 spiro atoms. The fourth-order valence-corrected chi connectivity index (χ4v) is 2.73. The van der Waals surface area contributed by atoms with E-state index in [9.17, 15) is 18.0 Å². The Balaban J connectivity index is 1.55. The third-order valence-corrected chi connectivity index (χ3v) is 4.03. The smallest absolute Gasteiger partial charge is 0.350 e. The summed E-state index contributed by atoms with van der Waals surface area (Å²) in [5.41, 5.74) is 3.81. The van der Waals surface area contributed by atoms with Crippen LogP contribution in [0.1, 0.15) is 27.3 Å². The normalized spacial score (nSPS) is 11.6. The van der Waals surface area contributed by atoms with Crippen LogP contribution in [0.25, 0.3) is 0 Å². The van der Waals surface area contributed by atoms with E-state index in [1.54, 1.807) is 12.1 Å². The molecule has 2 aromatic heterocycles. The van der Waals surface area contributed by atoms with Crippen LogP contribution >= 0.6 is 0 Å². The Bertz CT molecular complexity index is 977. The third-order valence-electron chi connectivity index (χ3n) is 4.03. The number of nitrogens with zero attached hydrogens (tertiary/aromatic N) is 4. The average molecular weight is 407 g/mol. The van der Waals surface area contributed by atoms with Crippen molar-refractivity contribution in [2.75, 3.05) is 11.9 Å². The number of anilines is 1. The molecule has 3 rings (SSSR count). The number of rotatable bonds is 7. The SMILES string of the molecule is Cc1cc(C)n(Cc2ccc(C(=O)Nc3cnn(COCC(F)(F)F)c3)cc2)n1. The van der Waals surface area contributed by atoms with Gasteiger partial charge in [0.1, 0.15) is 13.3 Å². The Kier molecular flexibility index (Phi) is 6.02. The average Bonchev–Trinajstić information content (AvgIpc) is 3.20. The van der Waals surface area contributed by atoms with Gasteiger partial charge in [-0.05, 0) is 37.6 Å². The number of aromatic nitrogens is 4. The van der Waals surface area contributed by atoms with Gasteiger partial charge in [-0.15, -0.1) is 0 Å². The summed E-state index contributed by atoms with van der Waals surface area (Å²) in [5, 5.41) is 10.9. The first-order chi connectivity index (χ1) is 13.7. The fourth-order valence-electron chi connectivity index (χ4n) is 2.73. The predicted molar refractivity (Wildman–Crippen MR) is 99.4 cm³/mol. The predicted octanol–water partition coefficient (Wildman–Crippen LogP) is 3.53. The first-order valence-electron chi connectivity index (χ1n) is 8.78. The minimum atomic E-state index is -4.40. The fraction of sp³-hybridized carbons (Fsp3) is 0.316. The molecule has 0 fully saturated rings. The summed E-state index contributed by atoms with van der Waals surface area (Å²) in [7, 11) is 0. The quantitative estimate of drug-likeness (QED) is 0.650. The van der Waals surface area contributed by atoms with Crippen molar-refractivity contribution < 1.29 is 22.7 Å². The van der Waals surface area contributed by atoms with Gasteiger partial charge in [0.05, 0.1) is 30.3 Å². The summed E-state index contributed by atoms with van der Waals surface area (Å²) in [5.74, 6) is -0.349. The van der Waals surface area contributed by atoms with Gasteiger partial charge >= 0.3 is 6.18 Å². The molecule has 2 heterocycles. The van der Waals surface area contributed by atoms with Gasteiger partial charge in [-0.2, -0.15) is 23.4 Å². The van der Waals surface area contributed by atoms with Crippen LogP contribution in [0.2, 0.25) is 0 Å². The molecule has 7 nitrogen and oxygen atoms in total. The van der Waals surface area contributed by atoms with E-state index in [-0.39, 0.29) is 12.6 Å². The highest BCUT2D eigenvalue weighted by Crippen LogP contribution is 2.15. The second-order valence-corrected chi connectivity index (χ2v) is 6.60. The minimum Gasteiger partial charge on any atom is -0.350 e. The van der Waals surface area contributed by atoms with Crippen LogP contribution in [0.3, 0.4) is 0 Å². The first-order valence-corrected chi connectivity index (χ1v) is 8.78. The molecule has 3 aromatic rings. The van der Waals surface area contributed by atoms with E-state index in [0.717, 1.165) is 17.0 Å². The number of carbonyl (C=O) groups excluding carboxylic acids is 1. The molecular weight excluding hydrogens is 387 g/mol. The van der Waals surface area contributed by atoms with Gasteiger partial charge < -0.3 is 10.1 Å². The maximum atomic E-state index is 12.4. The molecule has 0 unspecified atom stereocenters. The van der Waals surface area contributed by atoms with E-state index < -0.39 is 12.8 Å². The van der Waals surface area contributed by atoms with Crippen LogP contribution in [0.15, 0.2) is 42.7 Å². The van der Waals surface area contributed by atoms with Crippen LogP contribution in [-0.2, 0) is 18.0 Å². The van der Waals surface area contributed by atoms with Crippen molar-refractivity contribution in [2.45, 2.75) is 33.3 Å². The third kappa shape index (κ3) is 5.92. The van der Waals surface area contributed by atoms with Crippen molar-refractivity contribution in [3.05, 3.63) is 65.2 Å². The maximum Gasteiger partial charge on any atom is 0.411 e. The summed E-state index contributed by atoms with van der Waals surface area (Å²) < 4.78 is 43.8. The Morgan fingerprint density at radius 3 is 2.55 bits per heavy atom. The Morgan fingerprint density at radius 2 is 1.93 bits per heavy atom. The number of carbonyl (C=O) groups is 1. The highest BCUT2D eigenvalue weighted by atomic mass is 19.4. The van der Waals surface area contributed by atoms with E-state index in [4.69, 9.17) is 0 Å². The molecule has 0 atom stereocenters. The summed E-state index contributed by atoms with van der Waals surface area (Å²) in [6.45, 7) is 2.79. The summed E-state index contributed by atoms with van der Waals surface area (Å²) in [6, 6.07) is 9.09. The van der Waals surface area contributed by atoms with Crippen LogP contribution in [0.5, 0.6) is 0 Å². The number of benzene rings is 1. The molecule has 0 aliphatic rings.